The number of rotatable bonds is 7. The molecule has 25 heavy (non-hydrogen) atoms. The molecule has 136 valence electrons. The lowest BCUT2D eigenvalue weighted by atomic mass is 10.2. The van der Waals surface area contributed by atoms with Crippen LogP contribution in [0, 0.1) is 5.82 Å². The Morgan fingerprint density at radius 2 is 2.12 bits per heavy atom. The summed E-state index contributed by atoms with van der Waals surface area (Å²) in [6, 6.07) is 10.1. The number of halogens is 2. The highest BCUT2D eigenvalue weighted by Gasteiger charge is 2.06. The molecule has 0 aliphatic heterocycles. The minimum Gasteiger partial charge on any atom is -0.489 e. The molecule has 7 heteroatoms. The van der Waals surface area contributed by atoms with Crippen molar-refractivity contribution in [2.75, 3.05) is 20.1 Å². The minimum absolute atomic E-state index is 0. The number of pyridine rings is 1. The maximum absolute atomic E-state index is 13.1. The molecule has 0 radical (unpaired) electrons. The van der Waals surface area contributed by atoms with Crippen LogP contribution in [-0.2, 0) is 6.42 Å². The third kappa shape index (κ3) is 8.15. The fraction of sp³-hybridized carbons (Fsp3) is 0.333. The summed E-state index contributed by atoms with van der Waals surface area (Å²) in [5.41, 5.74) is 1.17. The van der Waals surface area contributed by atoms with Crippen molar-refractivity contribution in [3.63, 3.8) is 0 Å². The average molecular weight is 458 g/mol. The summed E-state index contributed by atoms with van der Waals surface area (Å²) >= 11 is 0. The average Bonchev–Trinajstić information content (AvgIpc) is 2.59. The summed E-state index contributed by atoms with van der Waals surface area (Å²) in [6.45, 7) is 3.23. The van der Waals surface area contributed by atoms with Crippen molar-refractivity contribution in [2.45, 2.75) is 19.4 Å². The van der Waals surface area contributed by atoms with Crippen molar-refractivity contribution in [3.05, 3.63) is 60.2 Å². The maximum atomic E-state index is 13.1. The van der Waals surface area contributed by atoms with Gasteiger partial charge in [-0.1, -0.05) is 12.1 Å². The van der Waals surface area contributed by atoms with Crippen LogP contribution >= 0.6 is 24.0 Å². The van der Waals surface area contributed by atoms with E-state index in [0.717, 1.165) is 13.0 Å². The van der Waals surface area contributed by atoms with E-state index in [0.29, 0.717) is 18.3 Å². The summed E-state index contributed by atoms with van der Waals surface area (Å²) in [4.78, 5) is 8.27. The van der Waals surface area contributed by atoms with Crippen molar-refractivity contribution in [3.8, 4) is 5.75 Å². The molecule has 1 aromatic heterocycles. The highest BCUT2D eigenvalue weighted by molar-refractivity contribution is 14.0. The second-order valence-electron chi connectivity index (χ2n) is 5.38. The zero-order valence-corrected chi connectivity index (χ0v) is 16.7. The molecule has 0 saturated carbocycles. The Hall–Kier alpha value is -1.90. The Bertz CT molecular complexity index is 655. The predicted molar refractivity (Wildman–Crippen MR) is 109 cm³/mol. The van der Waals surface area contributed by atoms with Gasteiger partial charge in [0, 0.05) is 32.1 Å². The fourth-order valence-electron chi connectivity index (χ4n) is 2.15. The van der Waals surface area contributed by atoms with Crippen molar-refractivity contribution in [1.82, 2.24) is 15.6 Å². The topological polar surface area (TPSA) is 58.5 Å². The Kier molecular flexibility index (Phi) is 9.83. The number of hydrogen-bond acceptors (Lipinski definition) is 3. The minimum atomic E-state index is -0.305. The Labute approximate surface area is 165 Å². The molecule has 0 aliphatic carbocycles. The molecule has 0 saturated heterocycles. The van der Waals surface area contributed by atoms with Crippen LogP contribution in [0.4, 0.5) is 4.39 Å². The first kappa shape index (κ1) is 21.1. The van der Waals surface area contributed by atoms with Gasteiger partial charge in [0.05, 0.1) is 6.54 Å². The summed E-state index contributed by atoms with van der Waals surface area (Å²) in [7, 11) is 1.72. The number of guanidine groups is 1. The second-order valence-corrected chi connectivity index (χ2v) is 5.38. The van der Waals surface area contributed by atoms with E-state index >= 15 is 0 Å². The van der Waals surface area contributed by atoms with E-state index in [1.54, 1.807) is 25.4 Å². The molecule has 0 aliphatic rings. The van der Waals surface area contributed by atoms with Gasteiger partial charge in [-0.3, -0.25) is 9.98 Å². The summed E-state index contributed by atoms with van der Waals surface area (Å²) < 4.78 is 18.8. The van der Waals surface area contributed by atoms with Gasteiger partial charge in [0.1, 0.15) is 17.7 Å². The van der Waals surface area contributed by atoms with Gasteiger partial charge in [-0.15, -0.1) is 24.0 Å². The molecule has 1 atom stereocenters. The van der Waals surface area contributed by atoms with E-state index in [9.17, 15) is 4.39 Å². The van der Waals surface area contributed by atoms with Crippen LogP contribution in [0.3, 0.4) is 0 Å². The largest absolute Gasteiger partial charge is 0.489 e. The quantitative estimate of drug-likeness (QED) is 0.381. The van der Waals surface area contributed by atoms with Crippen molar-refractivity contribution in [2.24, 2.45) is 4.99 Å². The molecular formula is C18H24FIN4O. The molecule has 2 aromatic rings. The first-order valence-electron chi connectivity index (χ1n) is 7.93. The van der Waals surface area contributed by atoms with E-state index in [4.69, 9.17) is 4.74 Å². The summed E-state index contributed by atoms with van der Waals surface area (Å²) in [5.74, 6) is 0.915. The first-order chi connectivity index (χ1) is 11.7. The summed E-state index contributed by atoms with van der Waals surface area (Å²) in [6.07, 6.45) is 4.36. The highest BCUT2D eigenvalue weighted by Crippen LogP contribution is 2.13. The molecule has 0 bridgehead atoms. The summed E-state index contributed by atoms with van der Waals surface area (Å²) in [5, 5.41) is 6.44. The van der Waals surface area contributed by atoms with Gasteiger partial charge in [-0.2, -0.15) is 0 Å². The first-order valence-corrected chi connectivity index (χ1v) is 7.93. The molecular weight excluding hydrogens is 434 g/mol. The van der Waals surface area contributed by atoms with E-state index in [2.05, 4.69) is 20.6 Å². The van der Waals surface area contributed by atoms with Gasteiger partial charge in [-0.25, -0.2) is 4.39 Å². The molecule has 0 fully saturated rings. The smallest absolute Gasteiger partial charge is 0.191 e. The number of ether oxygens (including phenoxy) is 1. The third-order valence-corrected chi connectivity index (χ3v) is 3.34. The van der Waals surface area contributed by atoms with Gasteiger partial charge >= 0.3 is 0 Å². The van der Waals surface area contributed by atoms with Crippen LogP contribution in [0.5, 0.6) is 5.75 Å². The number of nitrogens with one attached hydrogen (secondary N) is 2. The van der Waals surface area contributed by atoms with Crippen LogP contribution in [0.15, 0.2) is 53.8 Å². The number of nitrogens with zero attached hydrogens (tertiary/aromatic N) is 2. The fourth-order valence-corrected chi connectivity index (χ4v) is 2.15. The van der Waals surface area contributed by atoms with Gasteiger partial charge in [-0.05, 0) is 37.1 Å². The Morgan fingerprint density at radius 1 is 1.28 bits per heavy atom. The number of aliphatic imine (C=N–C) groups is 1. The van der Waals surface area contributed by atoms with Crippen molar-refractivity contribution in [1.29, 1.82) is 0 Å². The number of hydrogen-bond donors (Lipinski definition) is 2. The van der Waals surface area contributed by atoms with Crippen LogP contribution in [0.25, 0.3) is 0 Å². The van der Waals surface area contributed by atoms with Crippen LogP contribution < -0.4 is 15.4 Å². The lowest BCUT2D eigenvalue weighted by Gasteiger charge is -2.17. The van der Waals surface area contributed by atoms with E-state index in [1.807, 2.05) is 25.3 Å². The SMILES string of the molecule is CN=C(NCCc1cccnc1)NCC(C)Oc1cccc(F)c1.I. The van der Waals surface area contributed by atoms with Crippen LogP contribution in [0.1, 0.15) is 12.5 Å². The van der Waals surface area contributed by atoms with Crippen molar-refractivity contribution >= 4 is 29.9 Å². The lowest BCUT2D eigenvalue weighted by Crippen LogP contribution is -2.42. The third-order valence-electron chi connectivity index (χ3n) is 3.34. The number of benzene rings is 1. The van der Waals surface area contributed by atoms with Gasteiger partial charge in [0.15, 0.2) is 5.96 Å². The molecule has 1 aromatic carbocycles. The van der Waals surface area contributed by atoms with Gasteiger partial charge in [0.25, 0.3) is 0 Å². The van der Waals surface area contributed by atoms with Crippen LogP contribution in [-0.4, -0.2) is 37.2 Å². The molecule has 2 N–H and O–H groups in total. The highest BCUT2D eigenvalue weighted by atomic mass is 127. The zero-order valence-electron chi connectivity index (χ0n) is 14.4. The van der Waals surface area contributed by atoms with E-state index < -0.39 is 0 Å². The van der Waals surface area contributed by atoms with Gasteiger partial charge in [0.2, 0.25) is 0 Å². The standard InChI is InChI=1S/C18H23FN4O.HI/c1-14(24-17-7-3-6-16(19)11-17)12-23-18(20-2)22-10-8-15-5-4-9-21-13-15;/h3-7,9,11,13-14H,8,10,12H2,1-2H3,(H2,20,22,23);1H. The Balaban J connectivity index is 0.00000312. The Morgan fingerprint density at radius 3 is 2.80 bits per heavy atom. The molecule has 1 unspecified atom stereocenters. The van der Waals surface area contributed by atoms with E-state index in [-0.39, 0.29) is 35.9 Å². The van der Waals surface area contributed by atoms with Crippen LogP contribution in [0.2, 0.25) is 0 Å². The number of aromatic nitrogens is 1. The molecule has 0 spiro atoms. The second kappa shape index (κ2) is 11.6. The lowest BCUT2D eigenvalue weighted by molar-refractivity contribution is 0.223. The molecule has 1 heterocycles. The molecule has 5 nitrogen and oxygen atoms in total. The van der Waals surface area contributed by atoms with E-state index in [1.165, 1.54) is 17.7 Å². The zero-order chi connectivity index (χ0) is 17.2. The van der Waals surface area contributed by atoms with Gasteiger partial charge < -0.3 is 15.4 Å². The predicted octanol–water partition coefficient (Wildman–Crippen LogP) is 3.01. The van der Waals surface area contributed by atoms with Crippen molar-refractivity contribution < 1.29 is 9.13 Å². The maximum Gasteiger partial charge on any atom is 0.191 e. The molecule has 0 amide bonds. The normalized spacial score (nSPS) is 12.0. The molecule has 2 rings (SSSR count). The monoisotopic (exact) mass is 458 g/mol.